The van der Waals surface area contributed by atoms with Crippen molar-refractivity contribution in [3.8, 4) is 5.69 Å². The van der Waals surface area contributed by atoms with E-state index in [2.05, 4.69) is 5.32 Å². The minimum Gasteiger partial charge on any atom is -0.352 e. The van der Waals surface area contributed by atoms with Crippen LogP contribution in [0, 0.1) is 33.6 Å². The topological polar surface area (TPSA) is 81.1 Å². The summed E-state index contributed by atoms with van der Waals surface area (Å²) in [6.45, 7) is 12.5. The average Bonchev–Trinajstić information content (AvgIpc) is 2.86. The van der Waals surface area contributed by atoms with Crippen LogP contribution < -0.4 is 10.9 Å². The van der Waals surface area contributed by atoms with E-state index < -0.39 is 0 Å². The van der Waals surface area contributed by atoms with Gasteiger partial charge in [0.05, 0.1) is 22.3 Å². The molecule has 6 nitrogen and oxygen atoms in total. The number of benzene rings is 3. The number of aromatic nitrogens is 2. The second-order valence-electron chi connectivity index (χ2n) is 10.2. The van der Waals surface area contributed by atoms with E-state index in [-0.39, 0.29) is 23.0 Å². The molecule has 1 N–H and O–H groups in total. The molecule has 0 bridgehead atoms. The predicted molar refractivity (Wildman–Crippen MR) is 155 cm³/mol. The fraction of sp³-hybridized carbons (Fsp3) is 0.290. The third kappa shape index (κ3) is 6.05. The minimum absolute atomic E-state index is 0.0284. The molecule has 0 spiro atoms. The van der Waals surface area contributed by atoms with Gasteiger partial charge in [0, 0.05) is 17.7 Å². The molecule has 3 aromatic carbocycles. The first-order valence-corrected chi connectivity index (χ1v) is 13.7. The highest BCUT2D eigenvalue weighted by atomic mass is 32.2. The summed E-state index contributed by atoms with van der Waals surface area (Å²) in [6.07, 6.45) is 0. The van der Waals surface area contributed by atoms with Crippen LogP contribution in [-0.4, -0.2) is 33.5 Å². The van der Waals surface area contributed by atoms with Crippen LogP contribution in [0.4, 0.5) is 0 Å². The quantitative estimate of drug-likeness (QED) is 0.173. The second kappa shape index (κ2) is 11.4. The number of hydrogen-bond acceptors (Lipinski definition) is 5. The number of hydrogen-bond donors (Lipinski definition) is 1. The highest BCUT2D eigenvalue weighted by molar-refractivity contribution is 7.99. The van der Waals surface area contributed by atoms with E-state index in [0.29, 0.717) is 45.3 Å². The van der Waals surface area contributed by atoms with Crippen molar-refractivity contribution in [1.29, 1.82) is 0 Å². The molecular weight excluding hydrogens is 494 g/mol. The van der Waals surface area contributed by atoms with Crippen molar-refractivity contribution in [1.82, 2.24) is 14.9 Å². The fourth-order valence-corrected chi connectivity index (χ4v) is 5.25. The number of rotatable bonds is 8. The first-order valence-electron chi connectivity index (χ1n) is 12.7. The smallest absolute Gasteiger partial charge is 0.266 e. The Kier molecular flexibility index (Phi) is 8.17. The summed E-state index contributed by atoms with van der Waals surface area (Å²) in [4.78, 5) is 44.5. The van der Waals surface area contributed by atoms with Gasteiger partial charge in [-0.05, 0) is 86.7 Å². The number of amides is 1. The van der Waals surface area contributed by atoms with Gasteiger partial charge in [-0.2, -0.15) is 0 Å². The molecule has 4 rings (SSSR count). The van der Waals surface area contributed by atoms with Crippen LogP contribution in [0.2, 0.25) is 0 Å². The summed E-state index contributed by atoms with van der Waals surface area (Å²) in [5, 5.41) is 3.73. The van der Waals surface area contributed by atoms with Crippen LogP contribution in [0.5, 0.6) is 0 Å². The van der Waals surface area contributed by atoms with Crippen molar-refractivity contribution < 1.29 is 9.59 Å². The monoisotopic (exact) mass is 527 g/mol. The third-order valence-electron chi connectivity index (χ3n) is 6.26. The third-order valence-corrected chi connectivity index (χ3v) is 7.20. The number of carbonyl (C=O) groups is 2. The number of Topliss-reactive ketones (excluding diaryl/α,β-unsaturated/α-hetero) is 1. The summed E-state index contributed by atoms with van der Waals surface area (Å²) in [7, 11) is 0. The molecule has 0 unspecified atom stereocenters. The van der Waals surface area contributed by atoms with Crippen molar-refractivity contribution in [2.45, 2.75) is 46.7 Å². The molecular formula is C31H33N3O3S. The van der Waals surface area contributed by atoms with Gasteiger partial charge in [-0.25, -0.2) is 4.98 Å². The van der Waals surface area contributed by atoms with E-state index in [1.54, 1.807) is 22.8 Å². The number of nitrogens with one attached hydrogen (secondary N) is 1. The summed E-state index contributed by atoms with van der Waals surface area (Å²) >= 11 is 1.23. The summed E-state index contributed by atoms with van der Waals surface area (Å²) in [6, 6.07) is 16.7. The molecule has 0 saturated carbocycles. The van der Waals surface area contributed by atoms with Crippen molar-refractivity contribution in [2.75, 3.05) is 12.3 Å². The molecule has 196 valence electrons. The molecule has 7 heteroatoms. The molecule has 1 aromatic heterocycles. The van der Waals surface area contributed by atoms with Gasteiger partial charge in [0.25, 0.3) is 11.5 Å². The Labute approximate surface area is 227 Å². The van der Waals surface area contributed by atoms with E-state index in [1.165, 1.54) is 11.8 Å². The number of fused-ring (bicyclic) bond motifs is 1. The van der Waals surface area contributed by atoms with Crippen molar-refractivity contribution in [2.24, 2.45) is 5.92 Å². The number of carbonyl (C=O) groups excluding carboxylic acids is 2. The number of ketones is 1. The Morgan fingerprint density at radius 3 is 2.32 bits per heavy atom. The average molecular weight is 528 g/mol. The Hall–Kier alpha value is -3.71. The lowest BCUT2D eigenvalue weighted by atomic mass is 10.0. The molecule has 0 fully saturated rings. The lowest BCUT2D eigenvalue weighted by Gasteiger charge is -2.15. The van der Waals surface area contributed by atoms with Gasteiger partial charge in [-0.15, -0.1) is 0 Å². The van der Waals surface area contributed by atoms with Gasteiger partial charge in [-0.3, -0.25) is 19.0 Å². The zero-order valence-electron chi connectivity index (χ0n) is 22.7. The first-order chi connectivity index (χ1) is 18.0. The lowest BCUT2D eigenvalue weighted by molar-refractivity contribution is 0.0948. The van der Waals surface area contributed by atoms with Gasteiger partial charge in [0.2, 0.25) is 0 Å². The zero-order chi connectivity index (χ0) is 27.6. The van der Waals surface area contributed by atoms with E-state index in [1.807, 2.05) is 77.9 Å². The van der Waals surface area contributed by atoms with Gasteiger partial charge >= 0.3 is 0 Å². The van der Waals surface area contributed by atoms with Crippen LogP contribution in [0.1, 0.15) is 56.8 Å². The largest absolute Gasteiger partial charge is 0.352 e. The molecule has 38 heavy (non-hydrogen) atoms. The molecule has 0 saturated heterocycles. The Balaban J connectivity index is 1.80. The SMILES string of the molecule is Cc1cc(C)cc(-n2c(SCC(=O)c3cc(C)ccc3C)nc3cc(C(=O)NCC(C)C)ccc3c2=O)c1. The predicted octanol–water partition coefficient (Wildman–Crippen LogP) is 5.98. The number of thioether (sulfide) groups is 1. The molecule has 0 aliphatic heterocycles. The molecule has 4 aromatic rings. The van der Waals surface area contributed by atoms with Crippen molar-refractivity contribution >= 4 is 34.4 Å². The molecule has 1 heterocycles. The first kappa shape index (κ1) is 27.3. The summed E-state index contributed by atoms with van der Waals surface area (Å²) in [5.41, 5.74) is 5.96. The van der Waals surface area contributed by atoms with Crippen LogP contribution in [0.3, 0.4) is 0 Å². The van der Waals surface area contributed by atoms with Gasteiger partial charge in [0.15, 0.2) is 10.9 Å². The lowest BCUT2D eigenvalue weighted by Crippen LogP contribution is -2.27. The molecule has 0 atom stereocenters. The maximum atomic E-state index is 13.8. The van der Waals surface area contributed by atoms with E-state index in [4.69, 9.17) is 4.98 Å². The molecule has 0 aliphatic rings. The minimum atomic E-state index is -0.240. The number of aryl methyl sites for hydroxylation is 4. The van der Waals surface area contributed by atoms with Crippen LogP contribution in [0.15, 0.2) is 64.5 Å². The van der Waals surface area contributed by atoms with Crippen LogP contribution in [-0.2, 0) is 0 Å². The standard InChI is InChI=1S/C31H33N3O3S/c1-18(2)16-32-29(36)23-9-10-25-27(15-23)33-31(34(30(25)37)24-12-20(4)11-21(5)13-24)38-17-28(35)26-14-19(3)7-8-22(26)6/h7-15,18H,16-17H2,1-6H3,(H,32,36). The van der Waals surface area contributed by atoms with Gasteiger partial charge in [0.1, 0.15) is 0 Å². The van der Waals surface area contributed by atoms with Crippen LogP contribution in [0.25, 0.3) is 16.6 Å². The summed E-state index contributed by atoms with van der Waals surface area (Å²) < 4.78 is 1.57. The zero-order valence-corrected chi connectivity index (χ0v) is 23.5. The van der Waals surface area contributed by atoms with E-state index >= 15 is 0 Å². The highest BCUT2D eigenvalue weighted by Crippen LogP contribution is 2.25. The van der Waals surface area contributed by atoms with Crippen molar-refractivity contribution in [3.63, 3.8) is 0 Å². The molecule has 0 radical (unpaired) electrons. The Bertz CT molecular complexity index is 1580. The van der Waals surface area contributed by atoms with Gasteiger partial charge < -0.3 is 5.32 Å². The second-order valence-corrected chi connectivity index (χ2v) is 11.2. The highest BCUT2D eigenvalue weighted by Gasteiger charge is 2.18. The fourth-order valence-electron chi connectivity index (χ4n) is 4.35. The van der Waals surface area contributed by atoms with Gasteiger partial charge in [-0.1, -0.05) is 49.4 Å². The maximum absolute atomic E-state index is 13.8. The number of nitrogens with zero attached hydrogens (tertiary/aromatic N) is 2. The normalized spacial score (nSPS) is 11.2. The molecule has 0 aliphatic carbocycles. The van der Waals surface area contributed by atoms with E-state index in [0.717, 1.165) is 22.3 Å². The Morgan fingerprint density at radius 2 is 1.63 bits per heavy atom. The van der Waals surface area contributed by atoms with Crippen molar-refractivity contribution in [3.05, 3.63) is 98.3 Å². The Morgan fingerprint density at radius 1 is 0.921 bits per heavy atom. The maximum Gasteiger partial charge on any atom is 0.266 e. The molecule has 1 amide bonds. The van der Waals surface area contributed by atoms with Crippen LogP contribution >= 0.6 is 11.8 Å². The summed E-state index contributed by atoms with van der Waals surface area (Å²) in [5.74, 6) is 0.210. The van der Waals surface area contributed by atoms with E-state index in [9.17, 15) is 14.4 Å².